The van der Waals surface area contributed by atoms with Gasteiger partial charge in [-0.15, -0.1) is 0 Å². The Bertz CT molecular complexity index is 611. The van der Waals surface area contributed by atoms with Crippen LogP contribution in [0.2, 0.25) is 0 Å². The van der Waals surface area contributed by atoms with Gasteiger partial charge < -0.3 is 0 Å². The molecule has 0 amide bonds. The van der Waals surface area contributed by atoms with Crippen molar-refractivity contribution in [3.05, 3.63) is 52.3 Å². The Hall–Kier alpha value is -1.90. The maximum Gasteiger partial charge on any atom is 0.166 e. The summed E-state index contributed by atoms with van der Waals surface area (Å²) in [5.74, 6) is 0.172. The predicted octanol–water partition coefficient (Wildman–Crippen LogP) is 3.45. The maximum absolute atomic E-state index is 11.9. The number of Topliss-reactive ketones (excluding diaryl/α,β-unsaturated/α-hetero) is 1. The van der Waals surface area contributed by atoms with Crippen LogP contribution >= 0.6 is 0 Å². The lowest BCUT2D eigenvalue weighted by Crippen LogP contribution is -2.06. The highest BCUT2D eigenvalue weighted by atomic mass is 16.1. The molecule has 0 aliphatic carbocycles. The average molecular weight is 256 g/mol. The normalized spacial score (nSPS) is 10.7. The standard InChI is InChI=1S/C16H20N2O/c1-5-15(19)16-12(3)17-18(13(16)4)10-14-9-7-6-8-11(14)2/h6-9H,5,10H2,1-4H3. The molecule has 3 heteroatoms. The summed E-state index contributed by atoms with van der Waals surface area (Å²) in [5, 5.41) is 4.51. The molecule has 0 spiro atoms. The first-order valence-electron chi connectivity index (χ1n) is 6.66. The quantitative estimate of drug-likeness (QED) is 0.785. The summed E-state index contributed by atoms with van der Waals surface area (Å²) in [5.41, 5.74) is 5.07. The number of carbonyl (C=O) groups excluding carboxylic acids is 1. The van der Waals surface area contributed by atoms with E-state index in [9.17, 15) is 4.79 Å². The minimum atomic E-state index is 0.172. The number of rotatable bonds is 4. The van der Waals surface area contributed by atoms with Crippen LogP contribution in [0.5, 0.6) is 0 Å². The van der Waals surface area contributed by atoms with Crippen LogP contribution in [0.4, 0.5) is 0 Å². The van der Waals surface area contributed by atoms with Crippen LogP contribution in [0.1, 0.15) is 46.2 Å². The van der Waals surface area contributed by atoms with Gasteiger partial charge in [0.15, 0.2) is 5.78 Å². The summed E-state index contributed by atoms with van der Waals surface area (Å²) < 4.78 is 1.93. The summed E-state index contributed by atoms with van der Waals surface area (Å²) >= 11 is 0. The molecule has 0 atom stereocenters. The molecular formula is C16H20N2O. The fourth-order valence-electron chi connectivity index (χ4n) is 2.38. The third-order valence-corrected chi connectivity index (χ3v) is 3.56. The summed E-state index contributed by atoms with van der Waals surface area (Å²) in [4.78, 5) is 11.9. The summed E-state index contributed by atoms with van der Waals surface area (Å²) in [6, 6.07) is 8.27. The molecule has 1 aromatic carbocycles. The lowest BCUT2D eigenvalue weighted by molar-refractivity contribution is 0.0987. The fraction of sp³-hybridized carbons (Fsp3) is 0.375. The van der Waals surface area contributed by atoms with Crippen LogP contribution in [0.25, 0.3) is 0 Å². The topological polar surface area (TPSA) is 34.9 Å². The van der Waals surface area contributed by atoms with Gasteiger partial charge in [-0.3, -0.25) is 9.48 Å². The molecule has 19 heavy (non-hydrogen) atoms. The second kappa shape index (κ2) is 5.39. The van der Waals surface area contributed by atoms with E-state index in [-0.39, 0.29) is 5.78 Å². The molecule has 100 valence electrons. The Labute approximate surface area is 114 Å². The lowest BCUT2D eigenvalue weighted by atomic mass is 10.1. The molecule has 2 aromatic rings. The molecular weight excluding hydrogens is 236 g/mol. The second-order valence-corrected chi connectivity index (χ2v) is 4.91. The Morgan fingerprint density at radius 2 is 1.89 bits per heavy atom. The zero-order valence-corrected chi connectivity index (χ0v) is 12.0. The molecule has 3 nitrogen and oxygen atoms in total. The van der Waals surface area contributed by atoms with E-state index < -0.39 is 0 Å². The van der Waals surface area contributed by atoms with Gasteiger partial charge >= 0.3 is 0 Å². The van der Waals surface area contributed by atoms with Gasteiger partial charge in [0.05, 0.1) is 17.8 Å². The molecule has 1 aromatic heterocycles. The predicted molar refractivity (Wildman–Crippen MR) is 76.6 cm³/mol. The molecule has 0 bridgehead atoms. The monoisotopic (exact) mass is 256 g/mol. The first kappa shape index (κ1) is 13.5. The van der Waals surface area contributed by atoms with Crippen LogP contribution in [0, 0.1) is 20.8 Å². The molecule has 0 fully saturated rings. The number of hydrogen-bond acceptors (Lipinski definition) is 2. The third kappa shape index (κ3) is 2.60. The van der Waals surface area contributed by atoms with E-state index >= 15 is 0 Å². The van der Waals surface area contributed by atoms with E-state index in [1.54, 1.807) is 0 Å². The Morgan fingerprint density at radius 3 is 2.53 bits per heavy atom. The van der Waals surface area contributed by atoms with Crippen LogP contribution < -0.4 is 0 Å². The highest BCUT2D eigenvalue weighted by molar-refractivity contribution is 5.97. The van der Waals surface area contributed by atoms with Gasteiger partial charge in [0.1, 0.15) is 0 Å². The smallest absolute Gasteiger partial charge is 0.166 e. The Balaban J connectivity index is 2.38. The van der Waals surface area contributed by atoms with Gasteiger partial charge in [-0.25, -0.2) is 0 Å². The zero-order chi connectivity index (χ0) is 14.0. The largest absolute Gasteiger partial charge is 0.294 e. The number of hydrogen-bond donors (Lipinski definition) is 0. The van der Waals surface area contributed by atoms with E-state index in [1.807, 2.05) is 37.6 Å². The van der Waals surface area contributed by atoms with Gasteiger partial charge in [-0.2, -0.15) is 5.10 Å². The SMILES string of the molecule is CCC(=O)c1c(C)nn(Cc2ccccc2C)c1C. The summed E-state index contributed by atoms with van der Waals surface area (Å²) in [6.07, 6.45) is 0.526. The molecule has 0 aliphatic rings. The number of benzene rings is 1. The van der Waals surface area contributed by atoms with Crippen molar-refractivity contribution in [1.82, 2.24) is 9.78 Å². The average Bonchev–Trinajstić information content (AvgIpc) is 2.66. The molecule has 0 radical (unpaired) electrons. The minimum absolute atomic E-state index is 0.172. The number of carbonyl (C=O) groups is 1. The number of nitrogens with zero attached hydrogens (tertiary/aromatic N) is 2. The highest BCUT2D eigenvalue weighted by Crippen LogP contribution is 2.17. The van der Waals surface area contributed by atoms with Gasteiger partial charge in [0.25, 0.3) is 0 Å². The molecule has 2 rings (SSSR count). The Kier molecular flexibility index (Phi) is 3.84. The van der Waals surface area contributed by atoms with E-state index in [2.05, 4.69) is 24.2 Å². The van der Waals surface area contributed by atoms with Crippen molar-refractivity contribution < 1.29 is 4.79 Å². The number of aryl methyl sites for hydroxylation is 2. The molecule has 0 N–H and O–H groups in total. The first-order valence-corrected chi connectivity index (χ1v) is 6.66. The summed E-state index contributed by atoms with van der Waals surface area (Å²) in [7, 11) is 0. The zero-order valence-electron chi connectivity index (χ0n) is 12.0. The summed E-state index contributed by atoms with van der Waals surface area (Å²) in [6.45, 7) is 8.58. The van der Waals surface area contributed by atoms with Crippen LogP contribution in [0.15, 0.2) is 24.3 Å². The van der Waals surface area contributed by atoms with E-state index in [4.69, 9.17) is 0 Å². The van der Waals surface area contributed by atoms with Crippen molar-refractivity contribution in [3.63, 3.8) is 0 Å². The van der Waals surface area contributed by atoms with Crippen molar-refractivity contribution in [3.8, 4) is 0 Å². The van der Waals surface area contributed by atoms with Gasteiger partial charge in [0.2, 0.25) is 0 Å². The van der Waals surface area contributed by atoms with E-state index in [0.29, 0.717) is 6.42 Å². The van der Waals surface area contributed by atoms with Crippen molar-refractivity contribution in [1.29, 1.82) is 0 Å². The van der Waals surface area contributed by atoms with Gasteiger partial charge in [0, 0.05) is 12.1 Å². The molecule has 0 unspecified atom stereocenters. The van der Waals surface area contributed by atoms with Crippen molar-refractivity contribution in [2.45, 2.75) is 40.7 Å². The van der Waals surface area contributed by atoms with E-state index in [1.165, 1.54) is 11.1 Å². The minimum Gasteiger partial charge on any atom is -0.294 e. The first-order chi connectivity index (χ1) is 9.04. The Morgan fingerprint density at radius 1 is 1.21 bits per heavy atom. The number of ketones is 1. The van der Waals surface area contributed by atoms with Crippen molar-refractivity contribution >= 4 is 5.78 Å². The molecule has 0 saturated carbocycles. The second-order valence-electron chi connectivity index (χ2n) is 4.91. The highest BCUT2D eigenvalue weighted by Gasteiger charge is 2.17. The van der Waals surface area contributed by atoms with Crippen LogP contribution in [-0.4, -0.2) is 15.6 Å². The van der Waals surface area contributed by atoms with Crippen molar-refractivity contribution in [2.75, 3.05) is 0 Å². The van der Waals surface area contributed by atoms with Gasteiger partial charge in [-0.1, -0.05) is 31.2 Å². The van der Waals surface area contributed by atoms with Crippen LogP contribution in [-0.2, 0) is 6.54 Å². The van der Waals surface area contributed by atoms with E-state index in [0.717, 1.165) is 23.5 Å². The maximum atomic E-state index is 11.9. The number of aromatic nitrogens is 2. The fourth-order valence-corrected chi connectivity index (χ4v) is 2.38. The third-order valence-electron chi connectivity index (χ3n) is 3.56. The lowest BCUT2D eigenvalue weighted by Gasteiger charge is -2.08. The van der Waals surface area contributed by atoms with Crippen LogP contribution in [0.3, 0.4) is 0 Å². The van der Waals surface area contributed by atoms with Gasteiger partial charge in [-0.05, 0) is 31.9 Å². The molecule has 0 saturated heterocycles. The molecule has 1 heterocycles. The van der Waals surface area contributed by atoms with Crippen molar-refractivity contribution in [2.24, 2.45) is 0 Å². The molecule has 0 aliphatic heterocycles.